The van der Waals surface area contributed by atoms with Crippen LogP contribution in [0.3, 0.4) is 0 Å². The number of amides is 1. The number of halogens is 4. The summed E-state index contributed by atoms with van der Waals surface area (Å²) in [6.07, 6.45) is 0.418. The van der Waals surface area contributed by atoms with Crippen molar-refractivity contribution in [2.75, 3.05) is 61.9 Å². The Morgan fingerprint density at radius 1 is 1.18 bits per heavy atom. The van der Waals surface area contributed by atoms with Crippen LogP contribution in [0.4, 0.5) is 35.0 Å². The average Bonchev–Trinajstić information content (AvgIpc) is 3.85. The summed E-state index contributed by atoms with van der Waals surface area (Å²) in [5, 5.41) is 3.73. The smallest absolute Gasteiger partial charge is 0.420 e. The number of alkyl halides is 4. The normalized spacial score (nSPS) is 23.9. The third-order valence-corrected chi connectivity index (χ3v) is 10.3. The lowest BCUT2D eigenvalue weighted by atomic mass is 9.95. The highest BCUT2D eigenvalue weighted by Crippen LogP contribution is 2.42. The maximum absolute atomic E-state index is 14.5. The molecule has 3 atom stereocenters. The Kier molecular flexibility index (Phi) is 8.80. The fourth-order valence-electron chi connectivity index (χ4n) is 7.89. The highest BCUT2D eigenvalue weighted by atomic mass is 19.4. The summed E-state index contributed by atoms with van der Waals surface area (Å²) in [5.74, 6) is 0.844. The Morgan fingerprint density at radius 2 is 2.00 bits per heavy atom. The summed E-state index contributed by atoms with van der Waals surface area (Å²) in [7, 11) is 1.89. The first-order valence-electron chi connectivity index (χ1n) is 16.8. The second-order valence-corrected chi connectivity index (χ2v) is 13.7. The van der Waals surface area contributed by atoms with Crippen molar-refractivity contribution in [3.05, 3.63) is 46.2 Å². The number of pyridine rings is 1. The van der Waals surface area contributed by atoms with Crippen molar-refractivity contribution in [3.8, 4) is 6.01 Å². The first kappa shape index (κ1) is 33.9. The molecule has 3 fully saturated rings. The van der Waals surface area contributed by atoms with E-state index in [2.05, 4.69) is 20.0 Å². The number of nitrogen functional groups attached to an aromatic ring is 1. The van der Waals surface area contributed by atoms with Crippen molar-refractivity contribution in [2.24, 2.45) is 0 Å². The molecule has 3 aromatic heterocycles. The lowest BCUT2D eigenvalue weighted by molar-refractivity contribution is -0.137. The molecule has 13 nitrogen and oxygen atoms in total. The number of nitrogens with two attached hydrogens (primary N) is 1. The van der Waals surface area contributed by atoms with Gasteiger partial charge in [0.2, 0.25) is 5.91 Å². The van der Waals surface area contributed by atoms with Crippen molar-refractivity contribution < 1.29 is 31.6 Å². The maximum atomic E-state index is 14.5. The molecule has 1 amide bonds. The first-order valence-corrected chi connectivity index (χ1v) is 16.8. The summed E-state index contributed by atoms with van der Waals surface area (Å²) in [4.78, 5) is 38.2. The summed E-state index contributed by atoms with van der Waals surface area (Å²) in [5.41, 5.74) is 5.94. The van der Waals surface area contributed by atoms with Crippen molar-refractivity contribution in [1.29, 1.82) is 0 Å². The van der Waals surface area contributed by atoms with Crippen LogP contribution in [0.1, 0.15) is 59.8 Å². The van der Waals surface area contributed by atoms with E-state index in [1.165, 1.54) is 25.1 Å². The minimum absolute atomic E-state index is 0.00563. The number of ether oxygens (including phenoxy) is 1. The third-order valence-electron chi connectivity index (χ3n) is 10.3. The summed E-state index contributed by atoms with van der Waals surface area (Å²) < 4.78 is 68.7. The second kappa shape index (κ2) is 13.0. The van der Waals surface area contributed by atoms with E-state index < -0.39 is 23.5 Å². The van der Waals surface area contributed by atoms with Crippen molar-refractivity contribution in [2.45, 2.75) is 76.4 Å². The fraction of sp³-hybridized carbons (Fsp3) is 0.576. The van der Waals surface area contributed by atoms with Gasteiger partial charge in [0.1, 0.15) is 35.8 Å². The number of anilines is 3. The van der Waals surface area contributed by atoms with Crippen LogP contribution in [0.25, 0.3) is 6.08 Å². The molecule has 0 saturated carbocycles. The molecule has 4 aliphatic rings. The Bertz CT molecular complexity index is 1800. The van der Waals surface area contributed by atoms with Gasteiger partial charge in [-0.3, -0.25) is 9.69 Å². The highest BCUT2D eigenvalue weighted by Gasteiger charge is 2.49. The Morgan fingerprint density at radius 3 is 2.76 bits per heavy atom. The minimum atomic E-state index is -4.64. The van der Waals surface area contributed by atoms with Gasteiger partial charge >= 0.3 is 12.2 Å². The molecular weight excluding hydrogens is 660 g/mol. The van der Waals surface area contributed by atoms with E-state index in [1.807, 2.05) is 11.9 Å². The largest absolute Gasteiger partial charge is 0.461 e. The summed E-state index contributed by atoms with van der Waals surface area (Å²) in [6, 6.07) is 1.19. The monoisotopic (exact) mass is 700 g/mol. The van der Waals surface area contributed by atoms with Gasteiger partial charge in [-0.2, -0.15) is 28.1 Å². The number of fused-ring (bicyclic) bond motifs is 2. The summed E-state index contributed by atoms with van der Waals surface area (Å²) >= 11 is 0. The number of likely N-dealkylation sites (tertiary alicyclic amines) is 1. The SMILES string of the molecule is Cc1noc(/C=C/C(=O)N2CC[C@@H](N(C)c3nc(OC[C@@]45CCCN4C[C@H](F)C5)nc4c3CCN(c3nc(N)cc(C)c3C(F)(F)F)C4)C2)n1. The molecule has 0 unspecified atom stereocenters. The average molecular weight is 701 g/mol. The number of hydrogen-bond acceptors (Lipinski definition) is 12. The molecule has 3 saturated heterocycles. The molecule has 50 heavy (non-hydrogen) atoms. The molecule has 7 heterocycles. The van der Waals surface area contributed by atoms with Gasteiger partial charge in [-0.25, -0.2) is 9.37 Å². The van der Waals surface area contributed by atoms with Gasteiger partial charge in [0.15, 0.2) is 5.82 Å². The topological polar surface area (TPSA) is 143 Å². The van der Waals surface area contributed by atoms with E-state index in [4.69, 9.17) is 25.0 Å². The van der Waals surface area contributed by atoms with Gasteiger partial charge in [0.05, 0.1) is 17.8 Å². The zero-order valence-electron chi connectivity index (χ0n) is 28.2. The van der Waals surface area contributed by atoms with Crippen LogP contribution in [0.5, 0.6) is 6.01 Å². The highest BCUT2D eigenvalue weighted by molar-refractivity contribution is 5.91. The number of aromatic nitrogens is 5. The lowest BCUT2D eigenvalue weighted by Crippen LogP contribution is -2.44. The van der Waals surface area contributed by atoms with Crippen LogP contribution in [0.2, 0.25) is 0 Å². The zero-order valence-corrected chi connectivity index (χ0v) is 28.2. The minimum Gasteiger partial charge on any atom is -0.461 e. The number of likely N-dealkylation sites (N-methyl/N-ethyl adjacent to an activating group) is 1. The van der Waals surface area contributed by atoms with Crippen LogP contribution in [-0.4, -0.2) is 105 Å². The summed E-state index contributed by atoms with van der Waals surface area (Å²) in [6.45, 7) is 5.60. The maximum Gasteiger partial charge on any atom is 0.420 e. The van der Waals surface area contributed by atoms with Gasteiger partial charge in [-0.1, -0.05) is 5.16 Å². The van der Waals surface area contributed by atoms with Gasteiger partial charge in [0, 0.05) is 63.4 Å². The van der Waals surface area contributed by atoms with E-state index >= 15 is 0 Å². The zero-order chi connectivity index (χ0) is 35.4. The Hall–Kier alpha value is -4.54. The van der Waals surface area contributed by atoms with E-state index in [9.17, 15) is 22.4 Å². The molecule has 0 bridgehead atoms. The van der Waals surface area contributed by atoms with Crippen LogP contribution in [0.15, 0.2) is 16.7 Å². The van der Waals surface area contributed by atoms with E-state index in [0.29, 0.717) is 56.2 Å². The van der Waals surface area contributed by atoms with Crippen LogP contribution in [-0.2, 0) is 23.9 Å². The molecule has 268 valence electrons. The van der Waals surface area contributed by atoms with Gasteiger partial charge in [-0.15, -0.1) is 0 Å². The van der Waals surface area contributed by atoms with Crippen LogP contribution < -0.4 is 20.3 Å². The molecule has 0 aliphatic carbocycles. The number of hydrogen-bond donors (Lipinski definition) is 1. The molecule has 17 heteroatoms. The van der Waals surface area contributed by atoms with E-state index in [-0.39, 0.29) is 60.7 Å². The molecule has 3 aromatic rings. The predicted octanol–water partition coefficient (Wildman–Crippen LogP) is 3.74. The number of rotatable bonds is 8. The Balaban J connectivity index is 1.17. The molecule has 2 N–H and O–H groups in total. The second-order valence-electron chi connectivity index (χ2n) is 13.7. The molecule has 0 aromatic carbocycles. The number of carbonyl (C=O) groups is 1. The van der Waals surface area contributed by atoms with Crippen molar-refractivity contribution in [3.63, 3.8) is 0 Å². The Labute approximate surface area is 286 Å². The van der Waals surface area contributed by atoms with E-state index in [1.54, 1.807) is 16.7 Å². The predicted molar refractivity (Wildman–Crippen MR) is 175 cm³/mol. The van der Waals surface area contributed by atoms with Crippen molar-refractivity contribution in [1.82, 2.24) is 34.9 Å². The quantitative estimate of drug-likeness (QED) is 0.270. The molecule has 0 radical (unpaired) electrons. The fourth-order valence-corrected chi connectivity index (χ4v) is 7.89. The number of aryl methyl sites for hydroxylation is 2. The molecule has 0 spiro atoms. The number of carbonyl (C=O) groups excluding carboxylic acids is 1. The number of nitrogens with zero attached hydrogens (tertiary/aromatic N) is 9. The van der Waals surface area contributed by atoms with Gasteiger partial charge in [0.25, 0.3) is 5.89 Å². The van der Waals surface area contributed by atoms with Gasteiger partial charge < -0.3 is 29.7 Å². The first-order chi connectivity index (χ1) is 23.8. The lowest BCUT2D eigenvalue weighted by Gasteiger charge is -2.35. The van der Waals surface area contributed by atoms with Crippen LogP contribution in [0, 0.1) is 13.8 Å². The van der Waals surface area contributed by atoms with Gasteiger partial charge in [-0.05, 0) is 57.7 Å². The molecule has 7 rings (SSSR count). The van der Waals surface area contributed by atoms with Crippen molar-refractivity contribution >= 4 is 29.4 Å². The molecule has 4 aliphatic heterocycles. The third kappa shape index (κ3) is 6.54. The van der Waals surface area contributed by atoms with Crippen LogP contribution >= 0.6 is 0 Å². The standard InChI is InChI=1S/C33H40F4N10O3/c1-19-13-25(38)41-30(28(19)33(35,36)37)46-12-8-23-24(17-46)40-31(49-18-32-9-4-10-47(32)15-21(34)14-32)42-29(23)44(3)22-7-11-45(16-22)27(48)6-5-26-39-20(2)43-50-26/h5-6,13,21-22H,4,7-12,14-18H2,1-3H3,(H2,38,41)/b6-5+/t21-,22-,32+/m1/s1. The molecular formula is C33H40F4N10O3. The van der Waals surface area contributed by atoms with E-state index in [0.717, 1.165) is 24.9 Å².